The number of ether oxygens (including phenoxy) is 2. The van der Waals surface area contributed by atoms with Gasteiger partial charge in [0.15, 0.2) is 0 Å². The molecule has 0 amide bonds. The van der Waals surface area contributed by atoms with E-state index in [1.54, 1.807) is 7.11 Å². The molecular weight excluding hydrogens is 168 g/mol. The summed E-state index contributed by atoms with van der Waals surface area (Å²) < 4.78 is 10.9. The molecule has 3 heteroatoms. The lowest BCUT2D eigenvalue weighted by molar-refractivity contribution is -0.0321. The molecule has 78 valence electrons. The minimum Gasteiger partial charge on any atom is -0.396 e. The molecule has 1 aliphatic rings. The second kappa shape index (κ2) is 6.35. The van der Waals surface area contributed by atoms with Crippen LogP contribution in [0.3, 0.4) is 0 Å². The van der Waals surface area contributed by atoms with Gasteiger partial charge in [-0.15, -0.1) is 0 Å². The van der Waals surface area contributed by atoms with Gasteiger partial charge in [0.1, 0.15) is 0 Å². The van der Waals surface area contributed by atoms with Gasteiger partial charge < -0.3 is 14.6 Å². The van der Waals surface area contributed by atoms with E-state index in [0.717, 1.165) is 25.7 Å². The normalized spacial score (nSPS) is 29.1. The fraction of sp³-hybridized carbons (Fsp3) is 1.00. The van der Waals surface area contributed by atoms with Crippen molar-refractivity contribution in [3.63, 3.8) is 0 Å². The van der Waals surface area contributed by atoms with E-state index >= 15 is 0 Å². The number of aliphatic hydroxyl groups excluding tert-OH is 1. The zero-order valence-corrected chi connectivity index (χ0v) is 8.37. The molecule has 0 saturated heterocycles. The highest BCUT2D eigenvalue weighted by atomic mass is 16.5. The van der Waals surface area contributed by atoms with Crippen LogP contribution in [0.25, 0.3) is 0 Å². The van der Waals surface area contributed by atoms with Crippen molar-refractivity contribution in [2.75, 3.05) is 20.3 Å². The van der Waals surface area contributed by atoms with Crippen LogP contribution in [0.5, 0.6) is 0 Å². The molecular formula is C10H20O3. The third-order valence-corrected chi connectivity index (χ3v) is 2.57. The molecule has 1 N–H and O–H groups in total. The summed E-state index contributed by atoms with van der Waals surface area (Å²) in [4.78, 5) is 0. The lowest BCUT2D eigenvalue weighted by atomic mass is 9.95. The van der Waals surface area contributed by atoms with E-state index in [4.69, 9.17) is 14.6 Å². The van der Waals surface area contributed by atoms with Gasteiger partial charge in [0.2, 0.25) is 0 Å². The molecule has 0 spiro atoms. The molecule has 1 rings (SSSR count). The molecule has 13 heavy (non-hydrogen) atoms. The van der Waals surface area contributed by atoms with E-state index in [-0.39, 0.29) is 6.61 Å². The van der Waals surface area contributed by atoms with E-state index in [1.807, 2.05) is 0 Å². The van der Waals surface area contributed by atoms with Crippen LogP contribution in [0.4, 0.5) is 0 Å². The van der Waals surface area contributed by atoms with Crippen LogP contribution in [0.15, 0.2) is 0 Å². The standard InChI is InChI=1S/C10H20O3/c1-12-9-4-2-5-10(8-9)13-7-3-6-11/h9-11H,2-8H2,1H3. The number of hydrogen-bond donors (Lipinski definition) is 1. The van der Waals surface area contributed by atoms with Gasteiger partial charge in [-0.2, -0.15) is 0 Å². The first-order valence-electron chi connectivity index (χ1n) is 5.12. The summed E-state index contributed by atoms with van der Waals surface area (Å²) in [5, 5.41) is 8.59. The van der Waals surface area contributed by atoms with Crippen LogP contribution in [0, 0.1) is 0 Å². The molecule has 0 aromatic heterocycles. The molecule has 1 aliphatic carbocycles. The fourth-order valence-electron chi connectivity index (χ4n) is 1.78. The Morgan fingerprint density at radius 3 is 2.77 bits per heavy atom. The van der Waals surface area contributed by atoms with Gasteiger partial charge in [-0.05, 0) is 32.1 Å². The highest BCUT2D eigenvalue weighted by Gasteiger charge is 2.21. The Morgan fingerprint density at radius 2 is 2.08 bits per heavy atom. The number of rotatable bonds is 5. The zero-order chi connectivity index (χ0) is 9.52. The van der Waals surface area contributed by atoms with Crippen molar-refractivity contribution in [3.8, 4) is 0 Å². The lowest BCUT2D eigenvalue weighted by Crippen LogP contribution is -2.27. The van der Waals surface area contributed by atoms with Crippen LogP contribution in [0.2, 0.25) is 0 Å². The van der Waals surface area contributed by atoms with E-state index in [1.165, 1.54) is 6.42 Å². The maximum absolute atomic E-state index is 8.59. The Labute approximate surface area is 80.0 Å². The highest BCUT2D eigenvalue weighted by Crippen LogP contribution is 2.22. The molecule has 2 atom stereocenters. The molecule has 0 aromatic rings. The van der Waals surface area contributed by atoms with Crippen molar-refractivity contribution in [1.82, 2.24) is 0 Å². The third kappa shape index (κ3) is 4.07. The lowest BCUT2D eigenvalue weighted by Gasteiger charge is -2.28. The summed E-state index contributed by atoms with van der Waals surface area (Å²) in [6.07, 6.45) is 6.00. The number of methoxy groups -OCH3 is 1. The van der Waals surface area contributed by atoms with Crippen LogP contribution >= 0.6 is 0 Å². The summed E-state index contributed by atoms with van der Waals surface area (Å²) in [5.74, 6) is 0. The number of aliphatic hydroxyl groups is 1. The molecule has 0 radical (unpaired) electrons. The quantitative estimate of drug-likeness (QED) is 0.662. The minimum absolute atomic E-state index is 0.223. The minimum atomic E-state index is 0.223. The van der Waals surface area contributed by atoms with Crippen LogP contribution < -0.4 is 0 Å². The molecule has 0 bridgehead atoms. The summed E-state index contributed by atoms with van der Waals surface area (Å²) in [6.45, 7) is 0.901. The number of hydrogen-bond acceptors (Lipinski definition) is 3. The Kier molecular flexibility index (Phi) is 5.35. The molecule has 0 heterocycles. The first kappa shape index (κ1) is 11.0. The van der Waals surface area contributed by atoms with Gasteiger partial charge in [0.05, 0.1) is 12.2 Å². The van der Waals surface area contributed by atoms with Crippen LogP contribution in [-0.4, -0.2) is 37.6 Å². The maximum Gasteiger partial charge on any atom is 0.0599 e. The first-order chi connectivity index (χ1) is 6.36. The predicted molar refractivity (Wildman–Crippen MR) is 50.7 cm³/mol. The highest BCUT2D eigenvalue weighted by molar-refractivity contribution is 4.73. The average molecular weight is 188 g/mol. The average Bonchev–Trinajstić information content (AvgIpc) is 2.19. The summed E-state index contributed by atoms with van der Waals surface area (Å²) in [5.41, 5.74) is 0. The van der Waals surface area contributed by atoms with Gasteiger partial charge in [-0.1, -0.05) is 0 Å². The molecule has 0 aromatic carbocycles. The topological polar surface area (TPSA) is 38.7 Å². The molecule has 0 aliphatic heterocycles. The van der Waals surface area contributed by atoms with Gasteiger partial charge in [0.25, 0.3) is 0 Å². The largest absolute Gasteiger partial charge is 0.396 e. The van der Waals surface area contributed by atoms with Crippen molar-refractivity contribution in [2.45, 2.75) is 44.3 Å². The van der Waals surface area contributed by atoms with Crippen LogP contribution in [0.1, 0.15) is 32.1 Å². The molecule has 2 unspecified atom stereocenters. The van der Waals surface area contributed by atoms with E-state index in [0.29, 0.717) is 18.8 Å². The second-order valence-corrected chi connectivity index (χ2v) is 3.59. The monoisotopic (exact) mass is 188 g/mol. The van der Waals surface area contributed by atoms with Gasteiger partial charge in [-0.3, -0.25) is 0 Å². The SMILES string of the molecule is COC1CCCC(OCCCO)C1. The van der Waals surface area contributed by atoms with Crippen molar-refractivity contribution in [1.29, 1.82) is 0 Å². The van der Waals surface area contributed by atoms with E-state index in [2.05, 4.69) is 0 Å². The van der Waals surface area contributed by atoms with Gasteiger partial charge >= 0.3 is 0 Å². The maximum atomic E-state index is 8.59. The van der Waals surface area contributed by atoms with E-state index in [9.17, 15) is 0 Å². The zero-order valence-electron chi connectivity index (χ0n) is 8.37. The van der Waals surface area contributed by atoms with Crippen LogP contribution in [-0.2, 0) is 9.47 Å². The summed E-state index contributed by atoms with van der Waals surface area (Å²) >= 11 is 0. The Morgan fingerprint density at radius 1 is 1.31 bits per heavy atom. The summed E-state index contributed by atoms with van der Waals surface area (Å²) in [7, 11) is 1.76. The smallest absolute Gasteiger partial charge is 0.0599 e. The van der Waals surface area contributed by atoms with Gasteiger partial charge in [0, 0.05) is 20.3 Å². The second-order valence-electron chi connectivity index (χ2n) is 3.59. The van der Waals surface area contributed by atoms with Crippen molar-refractivity contribution in [3.05, 3.63) is 0 Å². The first-order valence-corrected chi connectivity index (χ1v) is 5.12. The van der Waals surface area contributed by atoms with Crippen molar-refractivity contribution < 1.29 is 14.6 Å². The van der Waals surface area contributed by atoms with Crippen molar-refractivity contribution in [2.24, 2.45) is 0 Å². The Bertz CT molecular complexity index is 127. The predicted octanol–water partition coefficient (Wildman–Crippen LogP) is 1.34. The Hall–Kier alpha value is -0.120. The van der Waals surface area contributed by atoms with Gasteiger partial charge in [-0.25, -0.2) is 0 Å². The molecule has 3 nitrogen and oxygen atoms in total. The van der Waals surface area contributed by atoms with Crippen molar-refractivity contribution >= 4 is 0 Å². The van der Waals surface area contributed by atoms with E-state index < -0.39 is 0 Å². The molecule has 1 fully saturated rings. The summed E-state index contributed by atoms with van der Waals surface area (Å²) in [6, 6.07) is 0. The Balaban J connectivity index is 2.11. The molecule has 1 saturated carbocycles. The third-order valence-electron chi connectivity index (χ3n) is 2.57. The fourth-order valence-corrected chi connectivity index (χ4v) is 1.78.